The molecule has 6 aromatic carbocycles. The number of aryl methyl sites for hydroxylation is 6. The second-order valence-electron chi connectivity index (χ2n) is 23.0. The zero-order valence-corrected chi connectivity index (χ0v) is 55.1. The molecule has 9 aromatic rings. The predicted octanol–water partition coefficient (Wildman–Crippen LogP) is 19.8. The number of benzene rings is 6. The van der Waals surface area contributed by atoms with Crippen LogP contribution in [0.3, 0.4) is 0 Å². The van der Waals surface area contributed by atoms with Crippen LogP contribution in [0.4, 0.5) is 0 Å². The number of nitrogens with zero attached hydrogens (tertiary/aromatic N) is 4. The normalized spacial score (nSPS) is 15.4. The fourth-order valence-electron chi connectivity index (χ4n) is 14.0. The minimum Gasteiger partial charge on any atom is -0.657 e. The van der Waals surface area contributed by atoms with Gasteiger partial charge in [0.25, 0.3) is 0 Å². The van der Waals surface area contributed by atoms with Gasteiger partial charge in [-0.15, -0.1) is 22.1 Å². The topological polar surface area (TPSA) is 88.1 Å². The summed E-state index contributed by atoms with van der Waals surface area (Å²) >= 11 is 7.24. The molecule has 9 heteroatoms. The summed E-state index contributed by atoms with van der Waals surface area (Å²) in [6.45, 7) is 18.0. The molecule has 0 radical (unpaired) electrons. The number of hydrogen-bond donors (Lipinski definition) is 0. The number of aromatic nitrogens is 4. The van der Waals surface area contributed by atoms with Gasteiger partial charge in [0.05, 0.1) is 31.7 Å². The summed E-state index contributed by atoms with van der Waals surface area (Å²) in [4.78, 5) is 51.1. The zero-order chi connectivity index (χ0) is 56.8. The van der Waals surface area contributed by atoms with Crippen LogP contribution in [0, 0.1) is 13.8 Å². The fourth-order valence-corrected chi connectivity index (χ4v) is 15.2. The van der Waals surface area contributed by atoms with E-state index in [0.29, 0.717) is 33.0 Å². The monoisotopic (exact) mass is 1260 g/mol. The first-order valence-corrected chi connectivity index (χ1v) is 31.2. The van der Waals surface area contributed by atoms with Gasteiger partial charge in [-0.2, -0.15) is 0 Å². The molecular formula is C74H66Br2N4O2Zn. The van der Waals surface area contributed by atoms with Gasteiger partial charge < -0.3 is 9.97 Å². The van der Waals surface area contributed by atoms with Crippen LogP contribution in [0.25, 0.3) is 110 Å². The van der Waals surface area contributed by atoms with Crippen molar-refractivity contribution in [1.29, 1.82) is 0 Å². The van der Waals surface area contributed by atoms with Gasteiger partial charge >= 0.3 is 19.5 Å². The molecule has 16 rings (SSSR count). The van der Waals surface area contributed by atoms with Crippen LogP contribution < -0.4 is 9.97 Å². The van der Waals surface area contributed by atoms with E-state index in [9.17, 15) is 9.59 Å². The molecule has 3 aromatic heterocycles. The number of rotatable bonds is 4. The molecule has 83 heavy (non-hydrogen) atoms. The predicted molar refractivity (Wildman–Crippen MR) is 351 cm³/mol. The number of Topliss-reactive ketones (excluding diaryl/α,β-unsaturated/α-hetero) is 2. The number of halogens is 2. The van der Waals surface area contributed by atoms with Crippen LogP contribution in [-0.2, 0) is 54.8 Å². The Kier molecular flexibility index (Phi) is 15.6. The van der Waals surface area contributed by atoms with E-state index in [0.717, 1.165) is 175 Å². The van der Waals surface area contributed by atoms with Crippen LogP contribution in [0.2, 0.25) is 0 Å². The first-order chi connectivity index (χ1) is 39.8. The van der Waals surface area contributed by atoms with Crippen LogP contribution >= 0.6 is 31.9 Å². The second-order valence-corrected chi connectivity index (χ2v) is 24.6. The van der Waals surface area contributed by atoms with E-state index in [1.54, 1.807) is 0 Å². The maximum absolute atomic E-state index is 14.0. The molecule has 0 saturated carbocycles. The molecule has 0 N–H and O–H groups in total. The summed E-state index contributed by atoms with van der Waals surface area (Å²) < 4.78 is 0.826. The van der Waals surface area contributed by atoms with E-state index in [-0.39, 0.29) is 31.0 Å². The van der Waals surface area contributed by atoms with E-state index in [4.69, 9.17) is 19.9 Å². The molecule has 18 bridgehead atoms. The van der Waals surface area contributed by atoms with Crippen LogP contribution in [0.1, 0.15) is 149 Å². The van der Waals surface area contributed by atoms with E-state index in [1.165, 1.54) is 54.9 Å². The number of ketones is 2. The molecule has 0 fully saturated rings. The SMILES string of the molecule is CCC1=C(C)c2nc1cc1[n-]c(c(C)c1CC)c1c3nc(cc4[n-]c(c(C)c4CC)c2-c2cccc4cc5ccc(cc5cc24)CCCCC2=C(Br)C(=O)C(=C(Br)C2=O)CCCCc2ccc4cc5cccc-1c5cc4c2)C(CC)=C3C.[Zn+2]. The Labute approximate surface area is 516 Å². The number of carbonyl (C=O) groups is 2. The summed E-state index contributed by atoms with van der Waals surface area (Å²) in [5, 5.41) is 9.29. The molecule has 0 spiro atoms. The Hall–Kier alpha value is -6.64. The summed E-state index contributed by atoms with van der Waals surface area (Å²) in [5.41, 5.74) is 25.0. The smallest absolute Gasteiger partial charge is 0.657 e. The maximum atomic E-state index is 14.0. The van der Waals surface area contributed by atoms with Crippen LogP contribution in [0.5, 0.6) is 0 Å². The van der Waals surface area contributed by atoms with Gasteiger partial charge in [0, 0.05) is 11.1 Å². The second kappa shape index (κ2) is 22.7. The molecule has 1 aliphatic carbocycles. The minimum atomic E-state index is -0.0817. The summed E-state index contributed by atoms with van der Waals surface area (Å²) in [6, 6.07) is 40.9. The first kappa shape index (κ1) is 56.8. The molecule has 410 valence electrons. The third-order valence-corrected chi connectivity index (χ3v) is 20.1. The van der Waals surface area contributed by atoms with Crippen molar-refractivity contribution in [3.05, 3.63) is 185 Å². The maximum Gasteiger partial charge on any atom is 2.00 e. The van der Waals surface area contributed by atoms with E-state index < -0.39 is 0 Å². The van der Waals surface area contributed by atoms with Crippen molar-refractivity contribution in [1.82, 2.24) is 19.9 Å². The van der Waals surface area contributed by atoms with Crippen molar-refractivity contribution in [3.8, 4) is 22.3 Å². The molecule has 0 unspecified atom stereocenters. The first-order valence-electron chi connectivity index (χ1n) is 29.7. The fraction of sp³-hybridized carbons (Fsp3) is 0.270. The number of allylic oxidation sites excluding steroid dienone is 8. The summed E-state index contributed by atoms with van der Waals surface area (Å²) in [6.07, 6.45) is 9.29. The molecule has 6 nitrogen and oxygen atoms in total. The van der Waals surface area contributed by atoms with Crippen molar-refractivity contribution in [2.75, 3.05) is 0 Å². The van der Waals surface area contributed by atoms with Crippen LogP contribution in [0.15, 0.2) is 129 Å². The van der Waals surface area contributed by atoms with E-state index in [2.05, 4.69) is 196 Å². The molecule has 0 amide bonds. The largest absolute Gasteiger partial charge is 2.00 e. The zero-order valence-electron chi connectivity index (χ0n) is 48.9. The number of hydrogen-bond acceptors (Lipinski definition) is 4. The van der Waals surface area contributed by atoms with Crippen molar-refractivity contribution < 1.29 is 29.1 Å². The summed E-state index contributed by atoms with van der Waals surface area (Å²) in [7, 11) is 0. The quantitative estimate of drug-likeness (QED) is 0.0991. The Morgan fingerprint density at radius 3 is 1.27 bits per heavy atom. The van der Waals surface area contributed by atoms with Gasteiger partial charge in [0.1, 0.15) is 0 Å². The van der Waals surface area contributed by atoms with Crippen LogP contribution in [-0.4, -0.2) is 21.5 Å². The van der Waals surface area contributed by atoms with Crippen molar-refractivity contribution >= 4 is 131 Å². The van der Waals surface area contributed by atoms with Crippen molar-refractivity contribution in [2.45, 2.75) is 132 Å². The van der Waals surface area contributed by atoms with Gasteiger partial charge in [0.2, 0.25) is 0 Å². The van der Waals surface area contributed by atoms with E-state index in [1.807, 2.05) is 0 Å². The molecule has 6 aliphatic heterocycles. The summed E-state index contributed by atoms with van der Waals surface area (Å²) in [5.74, 6) is -0.163. The minimum absolute atomic E-state index is 0. The third-order valence-electron chi connectivity index (χ3n) is 18.4. The molecular weight excluding hydrogens is 1200 g/mol. The molecule has 7 aliphatic rings. The van der Waals surface area contributed by atoms with Gasteiger partial charge in [-0.1, -0.05) is 135 Å². The van der Waals surface area contributed by atoms with Gasteiger partial charge in [-0.05, 0) is 260 Å². The Balaban J connectivity index is 0.00000680. The van der Waals surface area contributed by atoms with Gasteiger partial charge in [-0.25, -0.2) is 9.97 Å². The average molecular weight is 1270 g/mol. The van der Waals surface area contributed by atoms with Gasteiger partial charge in [-0.3, -0.25) is 9.59 Å². The van der Waals surface area contributed by atoms with Gasteiger partial charge in [0.15, 0.2) is 11.6 Å². The molecule has 9 heterocycles. The molecule has 0 saturated heterocycles. The standard InChI is InChI=1S/C74H66Br2N4O2.Zn/c1-9-51-39(5)69-65-55-25-17-21-47-33-45-29-27-43(31-49(45)35-59(47)55)19-13-15-23-57-67(75)74(82)58(68(76)73(57)81)24-16-14-20-44-28-30-46-34-48-22-18-26-56(60(48)36-50(46)32-44)66(71-40(6)52(10-2)62(78-71)37-61(51)77-69)72-42(8)54(12-4)64(80-72)38-63-53(11-3)41(7)70(65)79-63;/h17-18,21-22,25-38H,9-16,19-20,23-24H2,1-8H3;/q-2;+2. The Morgan fingerprint density at radius 1 is 0.458 bits per heavy atom. The van der Waals surface area contributed by atoms with Crippen molar-refractivity contribution in [3.63, 3.8) is 0 Å². The Morgan fingerprint density at radius 2 is 0.867 bits per heavy atom. The van der Waals surface area contributed by atoms with E-state index >= 15 is 0 Å². The number of carbonyl (C=O) groups excluding carboxylic acids is 2. The van der Waals surface area contributed by atoms with Crippen molar-refractivity contribution in [2.24, 2.45) is 0 Å². The average Bonchev–Trinajstić information content (AvgIpc) is 4.35. The molecule has 0 atom stereocenters. The Bertz CT molecular complexity index is 4330. The third kappa shape index (κ3) is 9.62.